The molecule has 1 aliphatic rings. The van der Waals surface area contributed by atoms with Crippen LogP contribution in [0.2, 0.25) is 0 Å². The number of carbonyl (C=O) groups is 2. The minimum absolute atomic E-state index is 0.0890. The van der Waals surface area contributed by atoms with Crippen molar-refractivity contribution < 1.29 is 23.6 Å². The molecule has 34 heavy (non-hydrogen) atoms. The lowest BCUT2D eigenvalue weighted by Gasteiger charge is -2.47. The molecule has 0 N–H and O–H groups in total. The van der Waals surface area contributed by atoms with E-state index < -0.39 is 0 Å². The van der Waals surface area contributed by atoms with Crippen molar-refractivity contribution in [1.29, 1.82) is 0 Å². The van der Waals surface area contributed by atoms with Gasteiger partial charge in [-0.3, -0.25) is 14.4 Å². The highest BCUT2D eigenvalue weighted by Crippen LogP contribution is 2.45. The van der Waals surface area contributed by atoms with E-state index >= 15 is 0 Å². The predicted octanol–water partition coefficient (Wildman–Crippen LogP) is 4.91. The molecule has 0 saturated carbocycles. The molecule has 2 amide bonds. The van der Waals surface area contributed by atoms with Gasteiger partial charge >= 0.3 is 0 Å². The Kier molecular flexibility index (Phi) is 7.23. The Hall–Kier alpha value is -3.71. The van der Waals surface area contributed by atoms with Gasteiger partial charge in [0.15, 0.2) is 0 Å². The van der Waals surface area contributed by atoms with Crippen LogP contribution >= 0.6 is 0 Å². The first-order valence-electron chi connectivity index (χ1n) is 11.1. The summed E-state index contributed by atoms with van der Waals surface area (Å²) in [4.78, 5) is 31.9. The molecule has 2 atom stereocenters. The first-order valence-corrected chi connectivity index (χ1v) is 11.1. The van der Waals surface area contributed by atoms with Crippen molar-refractivity contribution >= 4 is 17.5 Å². The number of amides is 2. The number of ether oxygens (including phenoxy) is 1. The summed E-state index contributed by atoms with van der Waals surface area (Å²) >= 11 is 0. The summed E-state index contributed by atoms with van der Waals surface area (Å²) in [5.41, 5.74) is 2.62. The van der Waals surface area contributed by atoms with Crippen LogP contribution in [0.1, 0.15) is 30.0 Å². The van der Waals surface area contributed by atoms with Crippen molar-refractivity contribution in [3.05, 3.63) is 95.8 Å². The summed E-state index contributed by atoms with van der Waals surface area (Å²) in [6.45, 7) is 0.460. The Morgan fingerprint density at radius 3 is 2.32 bits per heavy atom. The number of β-lactam (4-membered cyclic amide) rings is 1. The Bertz CT molecular complexity index is 1120. The van der Waals surface area contributed by atoms with Gasteiger partial charge in [-0.15, -0.1) is 0 Å². The molecule has 0 spiro atoms. The predicted molar refractivity (Wildman–Crippen MR) is 126 cm³/mol. The average molecular weight is 463 g/mol. The van der Waals surface area contributed by atoms with Crippen molar-refractivity contribution in [3.8, 4) is 5.75 Å². The highest BCUT2D eigenvalue weighted by atomic mass is 19.1. The zero-order valence-electron chi connectivity index (χ0n) is 19.2. The van der Waals surface area contributed by atoms with E-state index in [2.05, 4.69) is 0 Å². The average Bonchev–Trinajstić information content (AvgIpc) is 2.87. The number of hydrogen-bond acceptors (Lipinski definition) is 4. The third-order valence-corrected chi connectivity index (χ3v) is 6.08. The summed E-state index contributed by atoms with van der Waals surface area (Å²) in [6.07, 6.45) is 0.576. The zero-order valence-corrected chi connectivity index (χ0v) is 19.2. The minimum Gasteiger partial charge on any atom is -0.489 e. The van der Waals surface area contributed by atoms with Crippen LogP contribution in [0, 0.1) is 11.7 Å². The van der Waals surface area contributed by atoms with Crippen LogP contribution in [0.15, 0.2) is 78.9 Å². The summed E-state index contributed by atoms with van der Waals surface area (Å²) in [5, 5.41) is 1.16. The van der Waals surface area contributed by atoms with Crippen LogP contribution in [-0.4, -0.2) is 31.0 Å². The van der Waals surface area contributed by atoms with Gasteiger partial charge in [0.05, 0.1) is 19.1 Å². The Balaban J connectivity index is 1.51. The van der Waals surface area contributed by atoms with Gasteiger partial charge in [0.2, 0.25) is 11.8 Å². The molecule has 1 fully saturated rings. The maximum absolute atomic E-state index is 13.5. The fourth-order valence-corrected chi connectivity index (χ4v) is 4.14. The topological polar surface area (TPSA) is 59.1 Å². The summed E-state index contributed by atoms with van der Waals surface area (Å²) in [5.74, 6) is -0.291. The van der Waals surface area contributed by atoms with Crippen LogP contribution in [-0.2, 0) is 21.0 Å². The second kappa shape index (κ2) is 10.5. The van der Waals surface area contributed by atoms with E-state index in [4.69, 9.17) is 9.57 Å². The van der Waals surface area contributed by atoms with E-state index in [1.165, 1.54) is 19.2 Å². The lowest BCUT2D eigenvalue weighted by molar-refractivity contribution is -0.169. The highest BCUT2D eigenvalue weighted by molar-refractivity contribution is 6.03. The molecule has 176 valence electrons. The normalized spacial score (nSPS) is 17.3. The second-order valence-electron chi connectivity index (χ2n) is 8.19. The van der Waals surface area contributed by atoms with Crippen LogP contribution in [0.3, 0.4) is 0 Å². The number of rotatable bonds is 9. The molecule has 4 rings (SSSR count). The molecule has 0 aromatic heterocycles. The lowest BCUT2D eigenvalue weighted by atomic mass is 9.79. The van der Waals surface area contributed by atoms with Gasteiger partial charge < -0.3 is 9.64 Å². The Morgan fingerprint density at radius 2 is 1.68 bits per heavy atom. The fraction of sp³-hybridized carbons (Fsp3) is 0.259. The van der Waals surface area contributed by atoms with Gasteiger partial charge in [0.25, 0.3) is 0 Å². The molecule has 0 aliphatic carbocycles. The summed E-state index contributed by atoms with van der Waals surface area (Å²) in [6, 6.07) is 23.1. The van der Waals surface area contributed by atoms with Gasteiger partial charge in [0, 0.05) is 19.2 Å². The number of carbonyl (C=O) groups excluding carboxylic acids is 2. The number of nitrogens with zero attached hydrogens (tertiary/aromatic N) is 2. The van der Waals surface area contributed by atoms with E-state index in [0.29, 0.717) is 18.7 Å². The molecular formula is C27H27FN2O4. The monoisotopic (exact) mass is 462 g/mol. The number of halogens is 1. The molecule has 1 saturated heterocycles. The van der Waals surface area contributed by atoms with Crippen LogP contribution < -0.4 is 9.64 Å². The van der Waals surface area contributed by atoms with E-state index in [1.54, 1.807) is 24.1 Å². The molecule has 3 aromatic rings. The number of hydroxylamine groups is 2. The first kappa shape index (κ1) is 23.4. The quantitative estimate of drug-likeness (QED) is 0.335. The van der Waals surface area contributed by atoms with Gasteiger partial charge in [-0.05, 0) is 53.9 Å². The first-order chi connectivity index (χ1) is 16.5. The van der Waals surface area contributed by atoms with Crippen molar-refractivity contribution in [2.24, 2.45) is 5.92 Å². The largest absolute Gasteiger partial charge is 0.489 e. The number of hydrogen-bond donors (Lipinski definition) is 0. The Labute approximate surface area is 198 Å². The fourth-order valence-electron chi connectivity index (χ4n) is 4.14. The van der Waals surface area contributed by atoms with E-state index in [1.807, 2.05) is 54.6 Å². The molecule has 0 bridgehead atoms. The number of benzene rings is 3. The maximum atomic E-state index is 13.5. The highest BCUT2D eigenvalue weighted by Gasteiger charge is 2.48. The van der Waals surface area contributed by atoms with Crippen molar-refractivity contribution in [3.63, 3.8) is 0 Å². The van der Waals surface area contributed by atoms with Crippen molar-refractivity contribution in [2.45, 2.75) is 25.5 Å². The molecular weight excluding hydrogens is 435 g/mol. The van der Waals surface area contributed by atoms with Gasteiger partial charge in [-0.2, -0.15) is 0 Å². The Morgan fingerprint density at radius 1 is 1.00 bits per heavy atom. The maximum Gasteiger partial charge on any atom is 0.245 e. The molecule has 0 radical (unpaired) electrons. The zero-order chi connectivity index (χ0) is 24.1. The molecule has 6 nitrogen and oxygen atoms in total. The lowest BCUT2D eigenvalue weighted by Crippen LogP contribution is -2.55. The third kappa shape index (κ3) is 5.10. The van der Waals surface area contributed by atoms with E-state index in [-0.39, 0.29) is 36.0 Å². The summed E-state index contributed by atoms with van der Waals surface area (Å²) in [7, 11) is 2.97. The third-order valence-electron chi connectivity index (χ3n) is 6.08. The molecule has 3 aromatic carbocycles. The number of anilines is 1. The minimum atomic E-state index is -0.365. The van der Waals surface area contributed by atoms with Gasteiger partial charge in [0.1, 0.15) is 18.2 Å². The van der Waals surface area contributed by atoms with Crippen molar-refractivity contribution in [2.75, 3.05) is 19.1 Å². The molecule has 0 unspecified atom stereocenters. The van der Waals surface area contributed by atoms with Crippen molar-refractivity contribution in [1.82, 2.24) is 5.06 Å². The molecule has 7 heteroatoms. The second-order valence-corrected chi connectivity index (χ2v) is 8.19. The summed E-state index contributed by atoms with van der Waals surface area (Å²) < 4.78 is 19.3. The molecule has 1 aliphatic heterocycles. The van der Waals surface area contributed by atoms with E-state index in [0.717, 1.165) is 21.9 Å². The SMILES string of the molecule is CON(C)C(=O)CC[C@@H]1C(=O)N(c2ccc(F)cc2)[C@H]1c1ccc(OCc2ccccc2)cc1. The smallest absolute Gasteiger partial charge is 0.245 e. The van der Waals surface area contributed by atoms with Gasteiger partial charge in [-0.25, -0.2) is 9.45 Å². The van der Waals surface area contributed by atoms with Crippen LogP contribution in [0.5, 0.6) is 5.75 Å². The molecule has 1 heterocycles. The standard InChI is InChI=1S/C27H27FN2O4/c1-29(33-2)25(31)17-16-24-26(30(27(24)32)22-12-10-21(28)11-13-22)20-8-14-23(15-9-20)34-18-19-6-4-3-5-7-19/h3-15,24,26H,16-18H2,1-2H3/t24-,26-/m0/s1. The van der Waals surface area contributed by atoms with Crippen LogP contribution in [0.4, 0.5) is 10.1 Å². The van der Waals surface area contributed by atoms with Gasteiger partial charge in [-0.1, -0.05) is 42.5 Å². The van der Waals surface area contributed by atoms with Crippen LogP contribution in [0.25, 0.3) is 0 Å². The van der Waals surface area contributed by atoms with E-state index in [9.17, 15) is 14.0 Å².